The molecular weight excluding hydrogens is 543 g/mol. The number of halogens is 1. The molecule has 0 saturated carbocycles. The van der Waals surface area contributed by atoms with Gasteiger partial charge < -0.3 is 19.7 Å². The maximum absolute atomic E-state index is 13.3. The summed E-state index contributed by atoms with van der Waals surface area (Å²) in [5, 5.41) is 15.4. The van der Waals surface area contributed by atoms with Crippen LogP contribution in [-0.4, -0.2) is 34.1 Å². The summed E-state index contributed by atoms with van der Waals surface area (Å²) in [6, 6.07) is 35.1. The Balaban J connectivity index is 1.11. The van der Waals surface area contributed by atoms with Gasteiger partial charge in [-0.05, 0) is 66.2 Å². The third-order valence-corrected chi connectivity index (χ3v) is 7.53. The summed E-state index contributed by atoms with van der Waals surface area (Å²) in [5.41, 5.74) is 4.15. The van der Waals surface area contributed by atoms with E-state index in [1.807, 2.05) is 48.5 Å². The van der Waals surface area contributed by atoms with Crippen LogP contribution in [0.1, 0.15) is 21.5 Å². The van der Waals surface area contributed by atoms with Crippen LogP contribution in [0.4, 0.5) is 10.1 Å². The Bertz CT molecular complexity index is 1860. The van der Waals surface area contributed by atoms with Gasteiger partial charge in [-0.15, -0.1) is 0 Å². The number of fused-ring (bicyclic) bond motifs is 3. The summed E-state index contributed by atoms with van der Waals surface area (Å²) in [4.78, 5) is 25.3. The number of aromatic nitrogens is 1. The number of carbonyl (C=O) groups is 2. The minimum atomic E-state index is -1.05. The van der Waals surface area contributed by atoms with E-state index in [-0.39, 0.29) is 12.2 Å². The highest BCUT2D eigenvalue weighted by molar-refractivity contribution is 6.12. The minimum absolute atomic E-state index is 0.191. The molecule has 6 rings (SSSR count). The fourth-order valence-corrected chi connectivity index (χ4v) is 5.41. The van der Waals surface area contributed by atoms with Crippen LogP contribution in [0.3, 0.4) is 0 Å². The number of rotatable bonds is 11. The van der Waals surface area contributed by atoms with Gasteiger partial charge in [-0.2, -0.15) is 0 Å². The van der Waals surface area contributed by atoms with Crippen LogP contribution in [-0.2, 0) is 17.8 Å². The van der Waals surface area contributed by atoms with E-state index < -0.39 is 17.8 Å². The summed E-state index contributed by atoms with van der Waals surface area (Å²) in [6.45, 7) is 1.15. The zero-order valence-electron chi connectivity index (χ0n) is 23.2. The minimum Gasteiger partial charge on any atom is -0.492 e. The fraction of sp³-hybridized carbons (Fsp3) is 0.111. The number of para-hydroxylation sites is 3. The van der Waals surface area contributed by atoms with Gasteiger partial charge in [0.15, 0.2) is 5.78 Å². The third-order valence-electron chi connectivity index (χ3n) is 7.53. The van der Waals surface area contributed by atoms with Crippen molar-refractivity contribution in [3.8, 4) is 5.75 Å². The molecule has 0 aliphatic heterocycles. The van der Waals surface area contributed by atoms with Crippen LogP contribution >= 0.6 is 0 Å². The first kappa shape index (κ1) is 27.7. The summed E-state index contributed by atoms with van der Waals surface area (Å²) < 4.78 is 21.7. The Hall–Kier alpha value is -5.43. The molecule has 1 aromatic heterocycles. The second-order valence-electron chi connectivity index (χ2n) is 10.3. The van der Waals surface area contributed by atoms with Crippen molar-refractivity contribution < 1.29 is 23.8 Å². The number of ketones is 1. The lowest BCUT2D eigenvalue weighted by atomic mass is 10.00. The Morgan fingerprint density at radius 2 is 1.37 bits per heavy atom. The number of benzene rings is 5. The highest BCUT2D eigenvalue weighted by Gasteiger charge is 2.21. The number of aliphatic carboxylic acids is 1. The molecule has 43 heavy (non-hydrogen) atoms. The van der Waals surface area contributed by atoms with Crippen molar-refractivity contribution in [2.75, 3.05) is 11.9 Å². The largest absolute Gasteiger partial charge is 0.492 e. The third kappa shape index (κ3) is 5.97. The molecule has 7 heteroatoms. The van der Waals surface area contributed by atoms with Gasteiger partial charge >= 0.3 is 5.97 Å². The van der Waals surface area contributed by atoms with Crippen LogP contribution in [0.25, 0.3) is 21.8 Å². The SMILES string of the molecule is O=C(c1ccc(F)cc1)c1ccccc1NC(Cc1ccc(OCCn2c3ccccc3c3ccccc32)cc1)C(=O)O. The highest BCUT2D eigenvalue weighted by Crippen LogP contribution is 2.29. The molecule has 214 valence electrons. The van der Waals surface area contributed by atoms with Crippen molar-refractivity contribution in [1.82, 2.24) is 4.57 Å². The Morgan fingerprint density at radius 3 is 2.02 bits per heavy atom. The van der Waals surface area contributed by atoms with E-state index in [0.29, 0.717) is 35.7 Å². The molecule has 6 nitrogen and oxygen atoms in total. The average molecular weight is 573 g/mol. The number of carboxylic acids is 1. The zero-order valence-corrected chi connectivity index (χ0v) is 23.2. The Morgan fingerprint density at radius 1 is 0.767 bits per heavy atom. The number of nitrogens with zero attached hydrogens (tertiary/aromatic N) is 1. The molecule has 2 N–H and O–H groups in total. The van der Waals surface area contributed by atoms with Gasteiger partial charge in [-0.1, -0.05) is 60.7 Å². The van der Waals surface area contributed by atoms with E-state index >= 15 is 0 Å². The van der Waals surface area contributed by atoms with E-state index in [1.165, 1.54) is 35.0 Å². The van der Waals surface area contributed by atoms with Gasteiger partial charge in [0.1, 0.15) is 24.2 Å². The number of ether oxygens (including phenoxy) is 1. The molecule has 0 aliphatic carbocycles. The van der Waals surface area contributed by atoms with Gasteiger partial charge in [0.05, 0.1) is 6.54 Å². The van der Waals surface area contributed by atoms with Crippen LogP contribution in [0.2, 0.25) is 0 Å². The molecule has 0 aliphatic rings. The number of hydrogen-bond acceptors (Lipinski definition) is 4. The summed E-state index contributed by atoms with van der Waals surface area (Å²) >= 11 is 0. The summed E-state index contributed by atoms with van der Waals surface area (Å²) in [6.07, 6.45) is 0.191. The van der Waals surface area contributed by atoms with E-state index in [1.54, 1.807) is 24.3 Å². The van der Waals surface area contributed by atoms with Crippen molar-refractivity contribution >= 4 is 39.2 Å². The number of carboxylic acid groups (broad SMARTS) is 1. The molecule has 1 heterocycles. The van der Waals surface area contributed by atoms with Crippen LogP contribution in [0.15, 0.2) is 121 Å². The molecule has 6 aromatic rings. The molecule has 0 fully saturated rings. The second kappa shape index (κ2) is 12.2. The normalized spacial score (nSPS) is 11.8. The molecule has 0 radical (unpaired) electrons. The Labute approximate surface area is 248 Å². The van der Waals surface area contributed by atoms with Crippen LogP contribution in [0.5, 0.6) is 5.75 Å². The number of anilines is 1. The molecule has 5 aromatic carbocycles. The monoisotopic (exact) mass is 572 g/mol. The molecule has 0 saturated heterocycles. The summed E-state index contributed by atoms with van der Waals surface area (Å²) in [7, 11) is 0. The van der Waals surface area contributed by atoms with Gasteiger partial charge in [0.2, 0.25) is 0 Å². The lowest BCUT2D eigenvalue weighted by Crippen LogP contribution is -2.32. The zero-order chi connectivity index (χ0) is 29.8. The summed E-state index contributed by atoms with van der Waals surface area (Å²) in [5.74, 6) is -1.11. The van der Waals surface area contributed by atoms with E-state index in [0.717, 1.165) is 16.6 Å². The molecule has 0 bridgehead atoms. The standard InChI is InChI=1S/C36H29FN2O4/c37-26-17-15-25(16-18-26)35(40)30-9-1-4-10-31(30)38-32(36(41)42)23-24-13-19-27(20-14-24)43-22-21-39-33-11-5-2-7-28(33)29-8-3-6-12-34(29)39/h1-20,32,38H,21-23H2,(H,41,42). The van der Waals surface area contributed by atoms with Gasteiger partial charge in [-0.25, -0.2) is 9.18 Å². The van der Waals surface area contributed by atoms with Crippen molar-refractivity contribution in [2.24, 2.45) is 0 Å². The predicted octanol–water partition coefficient (Wildman–Crippen LogP) is 7.35. The molecule has 0 amide bonds. The van der Waals surface area contributed by atoms with Gasteiger partial charge in [-0.3, -0.25) is 4.79 Å². The van der Waals surface area contributed by atoms with Crippen LogP contribution < -0.4 is 10.1 Å². The van der Waals surface area contributed by atoms with Crippen molar-refractivity contribution in [1.29, 1.82) is 0 Å². The first-order valence-corrected chi connectivity index (χ1v) is 14.0. The predicted molar refractivity (Wildman–Crippen MR) is 166 cm³/mol. The van der Waals surface area contributed by atoms with Crippen molar-refractivity contribution in [2.45, 2.75) is 19.0 Å². The molecule has 1 unspecified atom stereocenters. The van der Waals surface area contributed by atoms with E-state index in [9.17, 15) is 19.1 Å². The van der Waals surface area contributed by atoms with Crippen molar-refractivity contribution in [3.05, 3.63) is 144 Å². The number of nitrogens with one attached hydrogen (secondary N) is 1. The van der Waals surface area contributed by atoms with Crippen LogP contribution in [0, 0.1) is 5.82 Å². The molecule has 0 spiro atoms. The van der Waals surface area contributed by atoms with Gasteiger partial charge in [0.25, 0.3) is 0 Å². The van der Waals surface area contributed by atoms with Crippen molar-refractivity contribution in [3.63, 3.8) is 0 Å². The van der Waals surface area contributed by atoms with E-state index in [4.69, 9.17) is 4.74 Å². The quantitative estimate of drug-likeness (QED) is 0.159. The highest BCUT2D eigenvalue weighted by atomic mass is 19.1. The number of carbonyl (C=O) groups excluding carboxylic acids is 1. The Kier molecular flexibility index (Phi) is 7.87. The first-order chi connectivity index (χ1) is 21.0. The maximum atomic E-state index is 13.3. The fourth-order valence-electron chi connectivity index (χ4n) is 5.41. The van der Waals surface area contributed by atoms with Gasteiger partial charge in [0, 0.05) is 45.0 Å². The molecular formula is C36H29FN2O4. The lowest BCUT2D eigenvalue weighted by molar-refractivity contribution is -0.137. The number of hydrogen-bond donors (Lipinski definition) is 2. The smallest absolute Gasteiger partial charge is 0.326 e. The lowest BCUT2D eigenvalue weighted by Gasteiger charge is -2.18. The average Bonchev–Trinajstić information content (AvgIpc) is 3.35. The first-order valence-electron chi connectivity index (χ1n) is 14.0. The maximum Gasteiger partial charge on any atom is 0.326 e. The topological polar surface area (TPSA) is 80.6 Å². The van der Waals surface area contributed by atoms with E-state index in [2.05, 4.69) is 34.1 Å². The molecule has 1 atom stereocenters. The second-order valence-corrected chi connectivity index (χ2v) is 10.3.